The summed E-state index contributed by atoms with van der Waals surface area (Å²) in [7, 11) is 0. The summed E-state index contributed by atoms with van der Waals surface area (Å²) < 4.78 is 5.33. The van der Waals surface area contributed by atoms with Crippen LogP contribution in [0.4, 0.5) is 0 Å². The normalized spacial score (nSPS) is 18.4. The first-order valence-electron chi connectivity index (χ1n) is 5.97. The Labute approximate surface area is 121 Å². The van der Waals surface area contributed by atoms with Crippen molar-refractivity contribution in [2.45, 2.75) is 11.7 Å². The molecule has 1 N–H and O–H groups in total. The molecule has 0 radical (unpaired) electrons. The highest BCUT2D eigenvalue weighted by Crippen LogP contribution is 2.40. The molecule has 2 nitrogen and oxygen atoms in total. The Morgan fingerprint density at radius 1 is 0.895 bits per heavy atom. The maximum atomic E-state index is 11.1. The topological polar surface area (TPSA) is 32.8 Å². The SMILES string of the molecule is OC(c1ccc(Cl)cc1)(c1ccc(Cl)cc1)C1CO1. The summed E-state index contributed by atoms with van der Waals surface area (Å²) in [5, 5.41) is 12.3. The van der Waals surface area contributed by atoms with Crippen molar-refractivity contribution in [2.75, 3.05) is 6.61 Å². The molecule has 0 saturated carbocycles. The van der Waals surface area contributed by atoms with E-state index in [-0.39, 0.29) is 6.10 Å². The minimum atomic E-state index is -1.16. The van der Waals surface area contributed by atoms with Crippen LogP contribution in [0.5, 0.6) is 0 Å². The molecule has 1 aliphatic heterocycles. The summed E-state index contributed by atoms with van der Waals surface area (Å²) in [6, 6.07) is 14.3. The Kier molecular flexibility index (Phi) is 3.27. The zero-order valence-corrected chi connectivity index (χ0v) is 11.5. The Morgan fingerprint density at radius 3 is 1.58 bits per heavy atom. The molecule has 4 heteroatoms. The molecule has 1 unspecified atom stereocenters. The average molecular weight is 295 g/mol. The Balaban J connectivity index is 2.08. The predicted molar refractivity (Wildman–Crippen MR) is 75.6 cm³/mol. The molecule has 1 heterocycles. The summed E-state index contributed by atoms with van der Waals surface area (Å²) in [5.41, 5.74) is 0.373. The third-order valence-corrected chi connectivity index (χ3v) is 3.87. The van der Waals surface area contributed by atoms with Crippen LogP contribution >= 0.6 is 23.2 Å². The largest absolute Gasteiger partial charge is 0.378 e. The standard InChI is InChI=1S/C15H12Cl2O2/c16-12-5-1-10(2-6-12)15(18,14-9-19-14)11-3-7-13(17)8-4-11/h1-8,14,18H,9H2. The summed E-state index contributed by atoms with van der Waals surface area (Å²) in [6.45, 7) is 0.543. The van der Waals surface area contributed by atoms with E-state index in [0.717, 1.165) is 11.1 Å². The molecule has 98 valence electrons. The van der Waals surface area contributed by atoms with Crippen molar-refractivity contribution in [3.63, 3.8) is 0 Å². The molecule has 0 aromatic heterocycles. The highest BCUT2D eigenvalue weighted by Gasteiger charge is 2.48. The zero-order chi connectivity index (χ0) is 13.5. The smallest absolute Gasteiger partial charge is 0.143 e. The van der Waals surface area contributed by atoms with Crippen molar-refractivity contribution in [2.24, 2.45) is 0 Å². The van der Waals surface area contributed by atoms with Gasteiger partial charge in [-0.25, -0.2) is 0 Å². The van der Waals surface area contributed by atoms with Crippen molar-refractivity contribution in [3.8, 4) is 0 Å². The van der Waals surface area contributed by atoms with Crippen LogP contribution in [0.3, 0.4) is 0 Å². The maximum absolute atomic E-state index is 11.1. The minimum absolute atomic E-state index is 0.227. The monoisotopic (exact) mass is 294 g/mol. The lowest BCUT2D eigenvalue weighted by atomic mass is 9.84. The van der Waals surface area contributed by atoms with Crippen LogP contribution in [-0.4, -0.2) is 17.8 Å². The highest BCUT2D eigenvalue weighted by atomic mass is 35.5. The fourth-order valence-electron chi connectivity index (χ4n) is 2.24. The lowest BCUT2D eigenvalue weighted by Gasteiger charge is -2.27. The van der Waals surface area contributed by atoms with Gasteiger partial charge in [-0.3, -0.25) is 0 Å². The van der Waals surface area contributed by atoms with Crippen LogP contribution in [0.2, 0.25) is 10.0 Å². The van der Waals surface area contributed by atoms with Gasteiger partial charge in [0, 0.05) is 10.0 Å². The van der Waals surface area contributed by atoms with Crippen LogP contribution in [0.15, 0.2) is 48.5 Å². The third kappa shape index (κ3) is 2.37. The summed E-state index contributed by atoms with van der Waals surface area (Å²) >= 11 is 11.8. The van der Waals surface area contributed by atoms with E-state index in [1.54, 1.807) is 24.3 Å². The molecular formula is C15H12Cl2O2. The van der Waals surface area contributed by atoms with Crippen molar-refractivity contribution in [3.05, 3.63) is 69.7 Å². The van der Waals surface area contributed by atoms with Gasteiger partial charge >= 0.3 is 0 Å². The molecule has 1 saturated heterocycles. The number of epoxide rings is 1. The van der Waals surface area contributed by atoms with Gasteiger partial charge in [-0.2, -0.15) is 0 Å². The van der Waals surface area contributed by atoms with Crippen molar-refractivity contribution in [1.82, 2.24) is 0 Å². The van der Waals surface area contributed by atoms with Crippen molar-refractivity contribution < 1.29 is 9.84 Å². The minimum Gasteiger partial charge on any atom is -0.378 e. The molecule has 2 aromatic rings. The van der Waals surface area contributed by atoms with Gasteiger partial charge in [0.25, 0.3) is 0 Å². The lowest BCUT2D eigenvalue weighted by molar-refractivity contribution is 0.0477. The van der Waals surface area contributed by atoms with Gasteiger partial charge < -0.3 is 9.84 Å². The molecular weight excluding hydrogens is 283 g/mol. The summed E-state index contributed by atoms with van der Waals surface area (Å²) in [5.74, 6) is 0. The van der Waals surface area contributed by atoms with Crippen LogP contribution in [0, 0.1) is 0 Å². The first-order valence-corrected chi connectivity index (χ1v) is 6.72. The van der Waals surface area contributed by atoms with Gasteiger partial charge in [0.05, 0.1) is 6.61 Å². The fraction of sp³-hybridized carbons (Fsp3) is 0.200. The van der Waals surface area contributed by atoms with Crippen LogP contribution < -0.4 is 0 Å². The van der Waals surface area contributed by atoms with E-state index in [9.17, 15) is 5.11 Å². The second kappa shape index (κ2) is 4.80. The second-order valence-corrected chi connectivity index (χ2v) is 5.48. The molecule has 2 aromatic carbocycles. The van der Waals surface area contributed by atoms with E-state index < -0.39 is 5.60 Å². The van der Waals surface area contributed by atoms with E-state index in [2.05, 4.69) is 0 Å². The molecule has 1 fully saturated rings. The van der Waals surface area contributed by atoms with E-state index in [1.807, 2.05) is 24.3 Å². The van der Waals surface area contributed by atoms with Crippen LogP contribution in [0.25, 0.3) is 0 Å². The van der Waals surface area contributed by atoms with E-state index >= 15 is 0 Å². The van der Waals surface area contributed by atoms with E-state index in [0.29, 0.717) is 16.7 Å². The number of hydrogen-bond donors (Lipinski definition) is 1. The van der Waals surface area contributed by atoms with Gasteiger partial charge in [0.1, 0.15) is 11.7 Å². The first-order chi connectivity index (χ1) is 9.10. The van der Waals surface area contributed by atoms with Crippen molar-refractivity contribution >= 4 is 23.2 Å². The predicted octanol–water partition coefficient (Wildman–Crippen LogP) is 3.63. The summed E-state index contributed by atoms with van der Waals surface area (Å²) in [6.07, 6.45) is -0.227. The zero-order valence-electron chi connectivity index (χ0n) is 10.0. The van der Waals surface area contributed by atoms with Gasteiger partial charge in [0.2, 0.25) is 0 Å². The number of benzene rings is 2. The second-order valence-electron chi connectivity index (χ2n) is 4.60. The highest BCUT2D eigenvalue weighted by molar-refractivity contribution is 6.30. The summed E-state index contributed by atoms with van der Waals surface area (Å²) in [4.78, 5) is 0. The third-order valence-electron chi connectivity index (χ3n) is 3.37. The van der Waals surface area contributed by atoms with Crippen LogP contribution in [-0.2, 0) is 10.3 Å². The molecule has 0 amide bonds. The van der Waals surface area contributed by atoms with Gasteiger partial charge in [-0.1, -0.05) is 47.5 Å². The molecule has 19 heavy (non-hydrogen) atoms. The molecule has 0 spiro atoms. The van der Waals surface area contributed by atoms with Crippen LogP contribution in [0.1, 0.15) is 11.1 Å². The van der Waals surface area contributed by atoms with Gasteiger partial charge in [-0.05, 0) is 35.4 Å². The average Bonchev–Trinajstić information content (AvgIpc) is 3.24. The van der Waals surface area contributed by atoms with Gasteiger partial charge in [-0.15, -0.1) is 0 Å². The fourth-order valence-corrected chi connectivity index (χ4v) is 2.49. The number of rotatable bonds is 3. The first kappa shape index (κ1) is 12.9. The molecule has 0 aliphatic carbocycles. The molecule has 1 atom stereocenters. The van der Waals surface area contributed by atoms with Gasteiger partial charge in [0.15, 0.2) is 0 Å². The molecule has 0 bridgehead atoms. The lowest BCUT2D eigenvalue weighted by Crippen LogP contribution is -2.33. The van der Waals surface area contributed by atoms with E-state index in [1.165, 1.54) is 0 Å². The number of halogens is 2. The number of ether oxygens (including phenoxy) is 1. The quantitative estimate of drug-likeness (QED) is 0.877. The van der Waals surface area contributed by atoms with Crippen molar-refractivity contribution in [1.29, 1.82) is 0 Å². The number of hydrogen-bond acceptors (Lipinski definition) is 2. The number of aliphatic hydroxyl groups is 1. The maximum Gasteiger partial charge on any atom is 0.143 e. The Hall–Kier alpha value is -1.06. The Bertz CT molecular complexity index is 529. The Morgan fingerprint density at radius 2 is 1.26 bits per heavy atom. The van der Waals surface area contributed by atoms with E-state index in [4.69, 9.17) is 27.9 Å². The molecule has 1 aliphatic rings. The molecule has 3 rings (SSSR count).